The molecular formula is C12H16NO3PS. The Kier molecular flexibility index (Phi) is 4.17. The lowest BCUT2D eigenvalue weighted by atomic mass is 10.2. The number of rotatable bonds is 5. The Bertz CT molecular complexity index is 586. The fourth-order valence-electron chi connectivity index (χ4n) is 1.62. The molecule has 0 amide bonds. The van der Waals surface area contributed by atoms with Crippen LogP contribution >= 0.6 is 18.9 Å². The van der Waals surface area contributed by atoms with Gasteiger partial charge in [0.15, 0.2) is 0 Å². The third-order valence-corrected chi connectivity index (χ3v) is 5.90. The van der Waals surface area contributed by atoms with Gasteiger partial charge >= 0.3 is 7.60 Å². The van der Waals surface area contributed by atoms with Gasteiger partial charge in [0.1, 0.15) is 0 Å². The second-order valence-electron chi connectivity index (χ2n) is 3.80. The summed E-state index contributed by atoms with van der Waals surface area (Å²) in [5.41, 5.74) is 1.99. The van der Waals surface area contributed by atoms with Crippen LogP contribution in [0.1, 0.15) is 19.4 Å². The van der Waals surface area contributed by atoms with Gasteiger partial charge in [0, 0.05) is 0 Å². The Morgan fingerprint density at radius 3 is 2.56 bits per heavy atom. The Hall–Kier alpha value is -0.740. The minimum Gasteiger partial charge on any atom is -0.304 e. The van der Waals surface area contributed by atoms with Gasteiger partial charge in [-0.25, -0.2) is 4.98 Å². The van der Waals surface area contributed by atoms with Crippen LogP contribution in [0.4, 0.5) is 0 Å². The van der Waals surface area contributed by atoms with Crippen molar-refractivity contribution in [2.45, 2.75) is 20.8 Å². The van der Waals surface area contributed by atoms with E-state index >= 15 is 0 Å². The molecule has 1 aromatic carbocycles. The number of aromatic nitrogens is 1. The van der Waals surface area contributed by atoms with Crippen molar-refractivity contribution in [3.63, 3.8) is 0 Å². The summed E-state index contributed by atoms with van der Waals surface area (Å²) in [6.07, 6.45) is 0. The summed E-state index contributed by atoms with van der Waals surface area (Å²) in [5.74, 6) is 0. The van der Waals surface area contributed by atoms with Crippen LogP contribution in [0.5, 0.6) is 0 Å². The van der Waals surface area contributed by atoms with Crippen LogP contribution in [0.25, 0.3) is 10.2 Å². The highest BCUT2D eigenvalue weighted by Gasteiger charge is 2.30. The average molecular weight is 285 g/mol. The van der Waals surface area contributed by atoms with Gasteiger partial charge in [-0.15, -0.1) is 11.3 Å². The molecule has 0 atom stereocenters. The normalized spacial score (nSPS) is 12.2. The lowest BCUT2D eigenvalue weighted by molar-refractivity contribution is 0.230. The van der Waals surface area contributed by atoms with E-state index in [-0.39, 0.29) is 0 Å². The van der Waals surface area contributed by atoms with Crippen molar-refractivity contribution in [2.24, 2.45) is 0 Å². The van der Waals surface area contributed by atoms with E-state index in [1.54, 1.807) is 13.8 Å². The fourth-order valence-corrected chi connectivity index (χ4v) is 4.69. The van der Waals surface area contributed by atoms with Gasteiger partial charge in [-0.2, -0.15) is 0 Å². The first kappa shape index (κ1) is 13.7. The molecule has 98 valence electrons. The zero-order valence-electron chi connectivity index (χ0n) is 10.7. The Morgan fingerprint density at radius 1 is 1.28 bits per heavy atom. The first-order chi connectivity index (χ1) is 8.59. The van der Waals surface area contributed by atoms with Crippen molar-refractivity contribution in [1.29, 1.82) is 0 Å². The van der Waals surface area contributed by atoms with Gasteiger partial charge < -0.3 is 9.05 Å². The summed E-state index contributed by atoms with van der Waals surface area (Å²) in [5, 5.41) is 0. The van der Waals surface area contributed by atoms with Crippen LogP contribution in [0, 0.1) is 6.92 Å². The molecule has 0 spiro atoms. The van der Waals surface area contributed by atoms with Crippen LogP contribution in [-0.4, -0.2) is 18.2 Å². The quantitative estimate of drug-likeness (QED) is 0.789. The maximum absolute atomic E-state index is 12.6. The lowest BCUT2D eigenvalue weighted by Crippen LogP contribution is -2.09. The monoisotopic (exact) mass is 285 g/mol. The minimum atomic E-state index is -3.25. The molecule has 0 aliphatic rings. The molecule has 2 aromatic rings. The van der Waals surface area contributed by atoms with Gasteiger partial charge in [0.25, 0.3) is 0 Å². The Labute approximate surface area is 110 Å². The maximum atomic E-state index is 12.6. The second-order valence-corrected chi connectivity index (χ2v) is 7.07. The van der Waals surface area contributed by atoms with E-state index in [0.29, 0.717) is 18.0 Å². The SMILES string of the molecule is CCOP(=O)(OCC)c1nc2ccc(C)cc2s1. The van der Waals surface area contributed by atoms with Crippen molar-refractivity contribution in [2.75, 3.05) is 13.2 Å². The van der Waals surface area contributed by atoms with E-state index in [2.05, 4.69) is 4.98 Å². The van der Waals surface area contributed by atoms with Gasteiger partial charge in [-0.05, 0) is 38.5 Å². The molecule has 1 heterocycles. The average Bonchev–Trinajstić information content (AvgIpc) is 2.73. The molecule has 4 nitrogen and oxygen atoms in total. The molecule has 6 heteroatoms. The van der Waals surface area contributed by atoms with E-state index in [4.69, 9.17) is 9.05 Å². The molecule has 0 N–H and O–H groups in total. The summed E-state index contributed by atoms with van der Waals surface area (Å²) in [6, 6.07) is 5.93. The zero-order chi connectivity index (χ0) is 13.2. The third-order valence-electron chi connectivity index (χ3n) is 2.37. The van der Waals surface area contributed by atoms with Gasteiger partial charge in [0.05, 0.1) is 23.4 Å². The van der Waals surface area contributed by atoms with Gasteiger partial charge in [-0.3, -0.25) is 4.57 Å². The molecule has 0 bridgehead atoms. The summed E-state index contributed by atoms with van der Waals surface area (Å²) < 4.78 is 24.6. The molecule has 0 radical (unpaired) electrons. The molecular weight excluding hydrogens is 269 g/mol. The minimum absolute atomic E-state index is 0.340. The smallest absolute Gasteiger partial charge is 0.304 e. The predicted molar refractivity (Wildman–Crippen MR) is 74.8 cm³/mol. The van der Waals surface area contributed by atoms with Crippen molar-refractivity contribution in [3.8, 4) is 0 Å². The van der Waals surface area contributed by atoms with Crippen molar-refractivity contribution in [1.82, 2.24) is 4.98 Å². The number of aryl methyl sites for hydroxylation is 1. The Balaban J connectivity index is 2.48. The number of hydrogen-bond acceptors (Lipinski definition) is 5. The summed E-state index contributed by atoms with van der Waals surface area (Å²) in [4.78, 5) is 4.37. The number of benzene rings is 1. The number of hydrogen-bond donors (Lipinski definition) is 0. The molecule has 1 aromatic heterocycles. The van der Waals surface area contributed by atoms with E-state index < -0.39 is 7.60 Å². The maximum Gasteiger partial charge on any atom is 0.389 e. The van der Waals surface area contributed by atoms with E-state index in [9.17, 15) is 4.57 Å². The first-order valence-electron chi connectivity index (χ1n) is 5.86. The largest absolute Gasteiger partial charge is 0.389 e. The fraction of sp³-hybridized carbons (Fsp3) is 0.417. The highest BCUT2D eigenvalue weighted by Crippen LogP contribution is 2.48. The predicted octanol–water partition coefficient (Wildman–Crippen LogP) is 3.50. The summed E-state index contributed by atoms with van der Waals surface area (Å²) in [7, 11) is -3.25. The highest BCUT2D eigenvalue weighted by atomic mass is 32.1. The van der Waals surface area contributed by atoms with Crippen LogP contribution in [-0.2, 0) is 13.6 Å². The molecule has 0 aliphatic heterocycles. The number of fused-ring (bicyclic) bond motifs is 1. The molecule has 18 heavy (non-hydrogen) atoms. The van der Waals surface area contributed by atoms with Crippen LogP contribution in [0.3, 0.4) is 0 Å². The van der Waals surface area contributed by atoms with Crippen LogP contribution < -0.4 is 4.75 Å². The van der Waals surface area contributed by atoms with Crippen molar-refractivity contribution >= 4 is 33.9 Å². The van der Waals surface area contributed by atoms with E-state index in [1.807, 2.05) is 25.1 Å². The zero-order valence-corrected chi connectivity index (χ0v) is 12.4. The summed E-state index contributed by atoms with van der Waals surface area (Å²) >= 11 is 1.37. The molecule has 0 aliphatic carbocycles. The van der Waals surface area contributed by atoms with Gasteiger partial charge in [-0.1, -0.05) is 6.07 Å². The molecule has 0 unspecified atom stereocenters. The molecule has 0 fully saturated rings. The molecule has 0 saturated carbocycles. The topological polar surface area (TPSA) is 48.4 Å². The van der Waals surface area contributed by atoms with Crippen LogP contribution in [0.15, 0.2) is 18.2 Å². The lowest BCUT2D eigenvalue weighted by Gasteiger charge is -2.13. The standard InChI is InChI=1S/C12H16NO3PS/c1-4-15-17(14,16-5-2)12-13-10-7-6-9(3)8-11(10)18-12/h6-8H,4-5H2,1-3H3. The first-order valence-corrected chi connectivity index (χ1v) is 8.22. The van der Waals surface area contributed by atoms with Crippen molar-refractivity contribution < 1.29 is 13.6 Å². The molecule has 2 rings (SSSR count). The second kappa shape index (κ2) is 5.49. The highest BCUT2D eigenvalue weighted by molar-refractivity contribution is 7.69. The Morgan fingerprint density at radius 2 is 1.94 bits per heavy atom. The van der Waals surface area contributed by atoms with Crippen molar-refractivity contribution in [3.05, 3.63) is 23.8 Å². The number of thiazole rings is 1. The summed E-state index contributed by atoms with van der Waals surface area (Å²) in [6.45, 7) is 6.29. The van der Waals surface area contributed by atoms with E-state index in [0.717, 1.165) is 15.8 Å². The van der Waals surface area contributed by atoms with Gasteiger partial charge in [0.2, 0.25) is 4.75 Å². The van der Waals surface area contributed by atoms with E-state index in [1.165, 1.54) is 11.3 Å². The number of nitrogens with zero attached hydrogens (tertiary/aromatic N) is 1. The molecule has 0 saturated heterocycles. The third kappa shape index (κ3) is 2.64. The van der Waals surface area contributed by atoms with Crippen LogP contribution in [0.2, 0.25) is 0 Å².